The van der Waals surface area contributed by atoms with Gasteiger partial charge in [0.2, 0.25) is 0 Å². The van der Waals surface area contributed by atoms with Crippen molar-refractivity contribution in [2.45, 2.75) is 12.5 Å². The van der Waals surface area contributed by atoms with E-state index >= 15 is 0 Å². The second-order valence-electron chi connectivity index (χ2n) is 4.52. The Labute approximate surface area is 118 Å². The van der Waals surface area contributed by atoms with Gasteiger partial charge in [0.05, 0.1) is 0 Å². The maximum absolute atomic E-state index is 13.4. The minimum atomic E-state index is -0.606. The number of hydrogen-bond donors (Lipinski definition) is 3. The summed E-state index contributed by atoms with van der Waals surface area (Å²) in [4.78, 5) is 2.23. The number of halogens is 2. The highest BCUT2D eigenvalue weighted by atomic mass is 35.5. The largest absolute Gasteiger partial charge is 0.505 e. The maximum atomic E-state index is 13.4. The summed E-state index contributed by atoms with van der Waals surface area (Å²) < 4.78 is 13.4. The monoisotopic (exact) mass is 290 g/mol. The SMILES string of the molecule is Cl.OCC[C@@H](c1ccc(O)c(F)c1)N1CCNCC1. The van der Waals surface area contributed by atoms with E-state index in [-0.39, 0.29) is 30.8 Å². The van der Waals surface area contributed by atoms with Crippen LogP contribution in [-0.2, 0) is 0 Å². The van der Waals surface area contributed by atoms with Crippen LogP contribution in [0.4, 0.5) is 4.39 Å². The highest BCUT2D eigenvalue weighted by Crippen LogP contribution is 2.27. The van der Waals surface area contributed by atoms with E-state index in [4.69, 9.17) is 5.11 Å². The Balaban J connectivity index is 0.00000180. The van der Waals surface area contributed by atoms with Gasteiger partial charge in [0.25, 0.3) is 0 Å². The summed E-state index contributed by atoms with van der Waals surface area (Å²) in [5.41, 5.74) is 0.807. The van der Waals surface area contributed by atoms with E-state index in [9.17, 15) is 9.50 Å². The summed E-state index contributed by atoms with van der Waals surface area (Å²) in [6, 6.07) is 4.46. The number of aromatic hydroxyl groups is 1. The molecule has 0 bridgehead atoms. The normalized spacial score (nSPS) is 17.8. The minimum Gasteiger partial charge on any atom is -0.505 e. The van der Waals surface area contributed by atoms with E-state index < -0.39 is 5.82 Å². The summed E-state index contributed by atoms with van der Waals surface area (Å²) in [5.74, 6) is -0.938. The number of nitrogens with one attached hydrogen (secondary N) is 1. The van der Waals surface area contributed by atoms with Gasteiger partial charge in [-0.1, -0.05) is 6.07 Å². The number of piperazine rings is 1. The molecule has 1 fully saturated rings. The molecule has 0 unspecified atom stereocenters. The Kier molecular flexibility index (Phi) is 6.51. The standard InChI is InChI=1S/C13H19FN2O2.ClH/c14-11-9-10(1-2-13(11)18)12(3-8-17)16-6-4-15-5-7-16;/h1-2,9,12,15,17-18H,3-8H2;1H/t12-;/m0./s1. The van der Waals surface area contributed by atoms with Crippen molar-refractivity contribution >= 4 is 12.4 Å². The highest BCUT2D eigenvalue weighted by Gasteiger charge is 2.22. The molecule has 1 heterocycles. The number of benzene rings is 1. The summed E-state index contributed by atoms with van der Waals surface area (Å²) in [6.07, 6.45) is 0.574. The molecule has 1 saturated heterocycles. The lowest BCUT2D eigenvalue weighted by Gasteiger charge is -2.35. The van der Waals surface area contributed by atoms with Gasteiger partial charge >= 0.3 is 0 Å². The van der Waals surface area contributed by atoms with Gasteiger partial charge in [-0.25, -0.2) is 4.39 Å². The third-order valence-corrected chi connectivity index (χ3v) is 3.35. The average Bonchev–Trinajstić information content (AvgIpc) is 2.40. The first-order chi connectivity index (χ1) is 8.72. The fraction of sp³-hybridized carbons (Fsp3) is 0.538. The molecule has 108 valence electrons. The van der Waals surface area contributed by atoms with Crippen LogP contribution in [0.2, 0.25) is 0 Å². The van der Waals surface area contributed by atoms with Gasteiger partial charge in [-0.2, -0.15) is 0 Å². The van der Waals surface area contributed by atoms with Crippen LogP contribution in [0.3, 0.4) is 0 Å². The van der Waals surface area contributed by atoms with Gasteiger partial charge in [0, 0.05) is 38.8 Å². The Morgan fingerprint density at radius 2 is 2.00 bits per heavy atom. The van der Waals surface area contributed by atoms with Crippen molar-refractivity contribution in [3.8, 4) is 5.75 Å². The first-order valence-corrected chi connectivity index (χ1v) is 6.26. The predicted octanol–water partition coefficient (Wildman–Crippen LogP) is 1.28. The van der Waals surface area contributed by atoms with Gasteiger partial charge in [0.15, 0.2) is 11.6 Å². The fourth-order valence-electron chi connectivity index (χ4n) is 2.41. The molecule has 0 saturated carbocycles. The molecule has 19 heavy (non-hydrogen) atoms. The molecule has 1 aliphatic heterocycles. The van der Waals surface area contributed by atoms with Crippen LogP contribution in [-0.4, -0.2) is 47.9 Å². The van der Waals surface area contributed by atoms with E-state index in [1.165, 1.54) is 12.1 Å². The number of hydrogen-bond acceptors (Lipinski definition) is 4. The molecule has 1 aliphatic rings. The van der Waals surface area contributed by atoms with Crippen molar-refractivity contribution in [2.24, 2.45) is 0 Å². The Morgan fingerprint density at radius 1 is 1.32 bits per heavy atom. The van der Waals surface area contributed by atoms with E-state index in [0.717, 1.165) is 31.7 Å². The maximum Gasteiger partial charge on any atom is 0.165 e. The smallest absolute Gasteiger partial charge is 0.165 e. The number of aliphatic hydroxyl groups is 1. The minimum absolute atomic E-state index is 0. The van der Waals surface area contributed by atoms with Crippen LogP contribution in [0.25, 0.3) is 0 Å². The van der Waals surface area contributed by atoms with Crippen molar-refractivity contribution < 1.29 is 14.6 Å². The fourth-order valence-corrected chi connectivity index (χ4v) is 2.41. The lowest BCUT2D eigenvalue weighted by atomic mass is 10.0. The van der Waals surface area contributed by atoms with Gasteiger partial charge in [0.1, 0.15) is 0 Å². The first-order valence-electron chi connectivity index (χ1n) is 6.26. The lowest BCUT2D eigenvalue weighted by Crippen LogP contribution is -2.45. The number of rotatable bonds is 4. The Morgan fingerprint density at radius 3 is 2.58 bits per heavy atom. The lowest BCUT2D eigenvalue weighted by molar-refractivity contribution is 0.141. The molecule has 2 rings (SSSR count). The summed E-state index contributed by atoms with van der Waals surface area (Å²) in [7, 11) is 0. The molecule has 1 aromatic rings. The molecule has 1 aromatic carbocycles. The molecule has 0 amide bonds. The third-order valence-electron chi connectivity index (χ3n) is 3.35. The summed E-state index contributed by atoms with van der Waals surface area (Å²) in [5, 5.41) is 21.7. The van der Waals surface area contributed by atoms with E-state index in [0.29, 0.717) is 6.42 Å². The zero-order chi connectivity index (χ0) is 13.0. The predicted molar refractivity (Wildman–Crippen MR) is 74.2 cm³/mol. The van der Waals surface area contributed by atoms with Crippen LogP contribution >= 0.6 is 12.4 Å². The molecule has 0 aliphatic carbocycles. The van der Waals surface area contributed by atoms with Crippen molar-refractivity contribution in [1.29, 1.82) is 0 Å². The molecular weight excluding hydrogens is 271 g/mol. The third kappa shape index (κ3) is 4.04. The number of phenolic OH excluding ortho intramolecular Hbond substituents is 1. The second-order valence-corrected chi connectivity index (χ2v) is 4.52. The average molecular weight is 291 g/mol. The van der Waals surface area contributed by atoms with Crippen LogP contribution in [0.1, 0.15) is 18.0 Å². The zero-order valence-corrected chi connectivity index (χ0v) is 11.5. The van der Waals surface area contributed by atoms with E-state index in [1.54, 1.807) is 6.07 Å². The van der Waals surface area contributed by atoms with Crippen LogP contribution in [0.5, 0.6) is 5.75 Å². The molecule has 0 aromatic heterocycles. The highest BCUT2D eigenvalue weighted by molar-refractivity contribution is 5.85. The zero-order valence-electron chi connectivity index (χ0n) is 10.7. The number of phenols is 1. The van der Waals surface area contributed by atoms with E-state index in [2.05, 4.69) is 10.2 Å². The van der Waals surface area contributed by atoms with Crippen molar-refractivity contribution in [3.63, 3.8) is 0 Å². The van der Waals surface area contributed by atoms with Gasteiger partial charge in [-0.05, 0) is 24.1 Å². The topological polar surface area (TPSA) is 55.7 Å². The van der Waals surface area contributed by atoms with E-state index in [1.807, 2.05) is 0 Å². The van der Waals surface area contributed by atoms with Gasteiger partial charge < -0.3 is 15.5 Å². The van der Waals surface area contributed by atoms with Crippen LogP contribution in [0.15, 0.2) is 18.2 Å². The van der Waals surface area contributed by atoms with Crippen LogP contribution in [0, 0.1) is 5.82 Å². The first kappa shape index (κ1) is 16.2. The quantitative estimate of drug-likeness (QED) is 0.782. The molecule has 0 spiro atoms. The molecule has 6 heteroatoms. The van der Waals surface area contributed by atoms with Crippen molar-refractivity contribution in [3.05, 3.63) is 29.6 Å². The number of nitrogens with zero attached hydrogens (tertiary/aromatic N) is 1. The second kappa shape index (κ2) is 7.65. The molecular formula is C13H20ClFN2O2. The molecule has 0 radical (unpaired) electrons. The van der Waals surface area contributed by atoms with Crippen molar-refractivity contribution in [2.75, 3.05) is 32.8 Å². The van der Waals surface area contributed by atoms with Gasteiger partial charge in [-0.15, -0.1) is 12.4 Å². The van der Waals surface area contributed by atoms with Gasteiger partial charge in [-0.3, -0.25) is 4.90 Å². The van der Waals surface area contributed by atoms with Crippen LogP contribution < -0.4 is 5.32 Å². The summed E-state index contributed by atoms with van der Waals surface area (Å²) >= 11 is 0. The summed E-state index contributed by atoms with van der Waals surface area (Å²) in [6.45, 7) is 3.64. The molecule has 1 atom stereocenters. The Hall–Kier alpha value is -0.880. The number of aliphatic hydroxyl groups excluding tert-OH is 1. The molecule has 3 N–H and O–H groups in total. The van der Waals surface area contributed by atoms with Crippen molar-refractivity contribution in [1.82, 2.24) is 10.2 Å². The molecule has 4 nitrogen and oxygen atoms in total. The Bertz CT molecular complexity index is 400.